The molecule has 96 valence electrons. The van der Waals surface area contributed by atoms with Crippen LogP contribution in [-0.2, 0) is 9.53 Å². The summed E-state index contributed by atoms with van der Waals surface area (Å²) in [6.07, 6.45) is 2.46. The summed E-state index contributed by atoms with van der Waals surface area (Å²) in [5.41, 5.74) is 1.18. The molecule has 0 aromatic carbocycles. The number of allylic oxidation sites excluding steroid dienone is 1. The Hall–Kier alpha value is -1.30. The number of ether oxygens (including phenoxy) is 1. The van der Waals surface area contributed by atoms with Crippen molar-refractivity contribution in [1.29, 1.82) is 5.26 Å². The molecule has 0 aromatic rings. The van der Waals surface area contributed by atoms with Crippen LogP contribution in [0.25, 0.3) is 0 Å². The minimum Gasteiger partial charge on any atom is -0.462 e. The van der Waals surface area contributed by atoms with Crippen molar-refractivity contribution in [2.45, 2.75) is 53.9 Å². The highest BCUT2D eigenvalue weighted by Crippen LogP contribution is 2.29. The minimum atomic E-state index is -0.484. The standard InChI is InChI=1S/C14H23NO2/c1-6-8-11(9-14(3,4)5)12(10-15)13(16)17-7-2/h6-9H2,1-5H3/b12-11+. The van der Waals surface area contributed by atoms with Gasteiger partial charge < -0.3 is 4.74 Å². The highest BCUT2D eigenvalue weighted by atomic mass is 16.5. The fraction of sp³-hybridized carbons (Fsp3) is 0.714. The van der Waals surface area contributed by atoms with Gasteiger partial charge in [0.25, 0.3) is 0 Å². The molecular weight excluding hydrogens is 214 g/mol. The first-order valence-corrected chi connectivity index (χ1v) is 6.15. The summed E-state index contributed by atoms with van der Waals surface area (Å²) < 4.78 is 4.92. The van der Waals surface area contributed by atoms with E-state index in [1.54, 1.807) is 6.92 Å². The average Bonchev–Trinajstić information content (AvgIpc) is 2.17. The summed E-state index contributed by atoms with van der Waals surface area (Å²) >= 11 is 0. The SMILES string of the molecule is CCC/C(CC(C)(C)C)=C(/C#N)C(=O)OCC. The zero-order valence-corrected chi connectivity index (χ0v) is 11.6. The molecule has 3 heteroatoms. The molecule has 17 heavy (non-hydrogen) atoms. The number of rotatable bonds is 5. The molecule has 0 bridgehead atoms. The highest BCUT2D eigenvalue weighted by molar-refractivity contribution is 5.93. The van der Waals surface area contributed by atoms with Crippen LogP contribution in [0.4, 0.5) is 0 Å². The molecule has 0 aliphatic carbocycles. The van der Waals surface area contributed by atoms with Gasteiger partial charge in [-0.1, -0.05) is 34.1 Å². The lowest BCUT2D eigenvalue weighted by Gasteiger charge is -2.21. The maximum Gasteiger partial charge on any atom is 0.348 e. The van der Waals surface area contributed by atoms with Gasteiger partial charge in [-0.2, -0.15) is 5.26 Å². The lowest BCUT2D eigenvalue weighted by Crippen LogP contribution is -2.13. The van der Waals surface area contributed by atoms with E-state index in [0.717, 1.165) is 24.8 Å². The van der Waals surface area contributed by atoms with E-state index in [9.17, 15) is 4.79 Å². The van der Waals surface area contributed by atoms with Crippen LogP contribution in [0.3, 0.4) is 0 Å². The summed E-state index contributed by atoms with van der Waals surface area (Å²) in [6, 6.07) is 2.00. The molecule has 0 N–H and O–H groups in total. The first-order valence-electron chi connectivity index (χ1n) is 6.15. The van der Waals surface area contributed by atoms with Crippen LogP contribution in [0.5, 0.6) is 0 Å². The molecule has 0 rings (SSSR count). The number of nitriles is 1. The second kappa shape index (κ2) is 7.11. The third-order valence-electron chi connectivity index (χ3n) is 2.24. The molecule has 3 nitrogen and oxygen atoms in total. The number of carbonyl (C=O) groups is 1. The Balaban J connectivity index is 5.18. The Morgan fingerprint density at radius 3 is 2.24 bits per heavy atom. The van der Waals surface area contributed by atoms with Crippen LogP contribution in [0, 0.1) is 16.7 Å². The smallest absolute Gasteiger partial charge is 0.348 e. The number of nitrogens with zero attached hydrogens (tertiary/aromatic N) is 1. The monoisotopic (exact) mass is 237 g/mol. The Morgan fingerprint density at radius 1 is 1.29 bits per heavy atom. The van der Waals surface area contributed by atoms with E-state index in [-0.39, 0.29) is 11.0 Å². The van der Waals surface area contributed by atoms with Crippen molar-refractivity contribution in [2.24, 2.45) is 5.41 Å². The first kappa shape index (κ1) is 15.7. The molecule has 0 heterocycles. The van der Waals surface area contributed by atoms with Gasteiger partial charge in [-0.3, -0.25) is 0 Å². The summed E-state index contributed by atoms with van der Waals surface area (Å²) in [5, 5.41) is 9.11. The largest absolute Gasteiger partial charge is 0.462 e. The molecule has 0 saturated heterocycles. The zero-order valence-electron chi connectivity index (χ0n) is 11.6. The summed E-state index contributed by atoms with van der Waals surface area (Å²) in [7, 11) is 0. The molecule has 0 aliphatic heterocycles. The summed E-state index contributed by atoms with van der Waals surface area (Å²) in [6.45, 7) is 10.4. The highest BCUT2D eigenvalue weighted by Gasteiger charge is 2.20. The zero-order chi connectivity index (χ0) is 13.5. The van der Waals surface area contributed by atoms with Crippen LogP contribution in [-0.4, -0.2) is 12.6 Å². The van der Waals surface area contributed by atoms with E-state index in [1.807, 2.05) is 13.0 Å². The Kier molecular flexibility index (Phi) is 6.57. The van der Waals surface area contributed by atoms with Gasteiger partial charge in [0.05, 0.1) is 6.61 Å². The summed E-state index contributed by atoms with van der Waals surface area (Å²) in [4.78, 5) is 11.7. The van der Waals surface area contributed by atoms with Crippen LogP contribution in [0.2, 0.25) is 0 Å². The van der Waals surface area contributed by atoms with Gasteiger partial charge in [-0.05, 0) is 30.8 Å². The molecule has 0 saturated carbocycles. The predicted octanol–water partition coefficient (Wildman–Crippen LogP) is 3.61. The van der Waals surface area contributed by atoms with Crippen LogP contribution in [0.15, 0.2) is 11.1 Å². The number of hydrogen-bond acceptors (Lipinski definition) is 3. The van der Waals surface area contributed by atoms with Crippen molar-refractivity contribution in [1.82, 2.24) is 0 Å². The lowest BCUT2D eigenvalue weighted by molar-refractivity contribution is -0.138. The van der Waals surface area contributed by atoms with Crippen molar-refractivity contribution in [3.8, 4) is 6.07 Å². The molecule has 0 amide bonds. The van der Waals surface area contributed by atoms with Gasteiger partial charge in [0, 0.05) is 0 Å². The van der Waals surface area contributed by atoms with Crippen molar-refractivity contribution in [3.63, 3.8) is 0 Å². The van der Waals surface area contributed by atoms with E-state index < -0.39 is 5.97 Å². The van der Waals surface area contributed by atoms with Crippen LogP contribution in [0.1, 0.15) is 53.9 Å². The molecule has 0 aliphatic rings. The topological polar surface area (TPSA) is 50.1 Å². The first-order chi connectivity index (χ1) is 7.85. The van der Waals surface area contributed by atoms with Gasteiger partial charge in [0.15, 0.2) is 0 Å². The third-order valence-corrected chi connectivity index (χ3v) is 2.24. The van der Waals surface area contributed by atoms with Crippen LogP contribution < -0.4 is 0 Å². The van der Waals surface area contributed by atoms with Crippen molar-refractivity contribution < 1.29 is 9.53 Å². The molecule has 0 unspecified atom stereocenters. The predicted molar refractivity (Wildman–Crippen MR) is 68.3 cm³/mol. The second-order valence-corrected chi connectivity index (χ2v) is 5.30. The van der Waals surface area contributed by atoms with E-state index in [4.69, 9.17) is 10.00 Å². The summed E-state index contributed by atoms with van der Waals surface area (Å²) in [5.74, 6) is -0.484. The van der Waals surface area contributed by atoms with Gasteiger partial charge in [-0.15, -0.1) is 0 Å². The fourth-order valence-electron chi connectivity index (χ4n) is 1.72. The average molecular weight is 237 g/mol. The van der Waals surface area contributed by atoms with E-state index in [1.165, 1.54) is 0 Å². The Morgan fingerprint density at radius 2 is 1.88 bits per heavy atom. The Bertz CT molecular complexity index is 329. The van der Waals surface area contributed by atoms with E-state index >= 15 is 0 Å². The Labute approximate surface area is 104 Å². The van der Waals surface area contributed by atoms with Crippen molar-refractivity contribution in [2.75, 3.05) is 6.61 Å². The molecule has 0 radical (unpaired) electrons. The minimum absolute atomic E-state index is 0.0685. The van der Waals surface area contributed by atoms with Gasteiger partial charge >= 0.3 is 5.97 Å². The fourth-order valence-corrected chi connectivity index (χ4v) is 1.72. The van der Waals surface area contributed by atoms with Gasteiger partial charge in [0.1, 0.15) is 11.6 Å². The molecular formula is C14H23NO2. The number of esters is 1. The molecule has 0 spiro atoms. The molecule has 0 fully saturated rings. The van der Waals surface area contributed by atoms with Gasteiger partial charge in [0.2, 0.25) is 0 Å². The maximum atomic E-state index is 11.7. The van der Waals surface area contributed by atoms with Crippen LogP contribution >= 0.6 is 0 Å². The second-order valence-electron chi connectivity index (χ2n) is 5.30. The lowest BCUT2D eigenvalue weighted by atomic mass is 9.84. The number of carbonyl (C=O) groups excluding carboxylic acids is 1. The van der Waals surface area contributed by atoms with Crippen molar-refractivity contribution in [3.05, 3.63) is 11.1 Å². The maximum absolute atomic E-state index is 11.7. The number of hydrogen-bond donors (Lipinski definition) is 0. The van der Waals surface area contributed by atoms with E-state index in [0.29, 0.717) is 6.61 Å². The third kappa shape index (κ3) is 6.11. The quantitative estimate of drug-likeness (QED) is 0.417. The van der Waals surface area contributed by atoms with E-state index in [2.05, 4.69) is 20.8 Å². The molecule has 0 aromatic heterocycles. The van der Waals surface area contributed by atoms with Crippen molar-refractivity contribution >= 4 is 5.97 Å². The van der Waals surface area contributed by atoms with Gasteiger partial charge in [-0.25, -0.2) is 4.79 Å². The molecule has 0 atom stereocenters. The normalized spacial score (nSPS) is 12.7.